The molecule has 1 amide bonds. The number of rotatable bonds is 3. The van der Waals surface area contributed by atoms with Crippen LogP contribution >= 0.6 is 27.5 Å². The van der Waals surface area contributed by atoms with Crippen molar-refractivity contribution in [3.05, 3.63) is 33.3 Å². The molecule has 0 saturated carbocycles. The van der Waals surface area contributed by atoms with Crippen LogP contribution in [0, 0.1) is 0 Å². The molecule has 3 nitrogen and oxygen atoms in total. The van der Waals surface area contributed by atoms with Gasteiger partial charge in [-0.1, -0.05) is 11.6 Å². The SMILES string of the molecule is CC(O)CNC(=O)c1cc(Cl)ccc1Br. The summed E-state index contributed by atoms with van der Waals surface area (Å²) in [6, 6.07) is 4.97. The summed E-state index contributed by atoms with van der Waals surface area (Å²) in [6.07, 6.45) is -0.563. The van der Waals surface area contributed by atoms with Crippen LogP contribution < -0.4 is 5.32 Å². The second-order valence-electron chi connectivity index (χ2n) is 3.18. The summed E-state index contributed by atoms with van der Waals surface area (Å²) < 4.78 is 0.676. The Kier molecular flexibility index (Phi) is 4.57. The fraction of sp³-hybridized carbons (Fsp3) is 0.300. The van der Waals surface area contributed by atoms with Crippen molar-refractivity contribution in [2.45, 2.75) is 13.0 Å². The van der Waals surface area contributed by atoms with E-state index in [1.165, 1.54) is 0 Å². The number of carbonyl (C=O) groups excluding carboxylic acids is 1. The summed E-state index contributed by atoms with van der Waals surface area (Å²) in [5.74, 6) is -0.259. The number of amides is 1. The number of carbonyl (C=O) groups is 1. The monoisotopic (exact) mass is 291 g/mol. The molecule has 2 N–H and O–H groups in total. The molecule has 82 valence electrons. The van der Waals surface area contributed by atoms with Gasteiger partial charge in [0.15, 0.2) is 0 Å². The van der Waals surface area contributed by atoms with E-state index in [1.807, 2.05) is 0 Å². The lowest BCUT2D eigenvalue weighted by Crippen LogP contribution is -2.30. The van der Waals surface area contributed by atoms with Crippen LogP contribution in [0.1, 0.15) is 17.3 Å². The zero-order valence-electron chi connectivity index (χ0n) is 8.13. The average Bonchev–Trinajstić information content (AvgIpc) is 2.18. The second-order valence-corrected chi connectivity index (χ2v) is 4.47. The van der Waals surface area contributed by atoms with Crippen molar-refractivity contribution in [3.8, 4) is 0 Å². The third kappa shape index (κ3) is 3.81. The number of benzene rings is 1. The number of halogens is 2. The van der Waals surface area contributed by atoms with Crippen molar-refractivity contribution >= 4 is 33.4 Å². The van der Waals surface area contributed by atoms with E-state index in [4.69, 9.17) is 16.7 Å². The van der Waals surface area contributed by atoms with Gasteiger partial charge in [-0.05, 0) is 41.1 Å². The van der Waals surface area contributed by atoms with Gasteiger partial charge in [0.1, 0.15) is 0 Å². The highest BCUT2D eigenvalue weighted by Crippen LogP contribution is 2.20. The Balaban J connectivity index is 2.77. The largest absolute Gasteiger partial charge is 0.392 e. The van der Waals surface area contributed by atoms with Crippen molar-refractivity contribution in [1.82, 2.24) is 5.32 Å². The molecule has 0 aliphatic carbocycles. The molecular formula is C10H11BrClNO2. The summed E-state index contributed by atoms with van der Waals surface area (Å²) in [5, 5.41) is 12.1. The van der Waals surface area contributed by atoms with Gasteiger partial charge in [0, 0.05) is 16.0 Å². The fourth-order valence-electron chi connectivity index (χ4n) is 1.01. The Hall–Kier alpha value is -0.580. The minimum absolute atomic E-state index is 0.220. The van der Waals surface area contributed by atoms with Crippen LogP contribution in [0.4, 0.5) is 0 Å². The highest BCUT2D eigenvalue weighted by atomic mass is 79.9. The molecule has 1 unspecified atom stereocenters. The molecule has 0 aromatic heterocycles. The number of hydrogen-bond donors (Lipinski definition) is 2. The molecule has 0 aliphatic heterocycles. The molecule has 1 aromatic rings. The first kappa shape index (κ1) is 12.5. The van der Waals surface area contributed by atoms with Gasteiger partial charge < -0.3 is 10.4 Å². The Morgan fingerprint density at radius 3 is 2.93 bits per heavy atom. The molecule has 0 fully saturated rings. The Labute approximate surface area is 102 Å². The normalized spacial score (nSPS) is 12.3. The van der Waals surface area contributed by atoms with Gasteiger partial charge in [0.05, 0.1) is 11.7 Å². The van der Waals surface area contributed by atoms with Crippen molar-refractivity contribution in [1.29, 1.82) is 0 Å². The smallest absolute Gasteiger partial charge is 0.252 e. The topological polar surface area (TPSA) is 49.3 Å². The Morgan fingerprint density at radius 1 is 1.67 bits per heavy atom. The minimum Gasteiger partial charge on any atom is -0.392 e. The van der Waals surface area contributed by atoms with Gasteiger partial charge in [-0.2, -0.15) is 0 Å². The zero-order chi connectivity index (χ0) is 11.4. The highest BCUT2D eigenvalue weighted by molar-refractivity contribution is 9.10. The Morgan fingerprint density at radius 2 is 2.33 bits per heavy atom. The number of hydrogen-bond acceptors (Lipinski definition) is 2. The lowest BCUT2D eigenvalue weighted by Gasteiger charge is -2.08. The molecule has 0 saturated heterocycles. The van der Waals surface area contributed by atoms with Crippen molar-refractivity contribution in [2.24, 2.45) is 0 Å². The molecule has 1 atom stereocenters. The molecule has 0 heterocycles. The first-order valence-electron chi connectivity index (χ1n) is 4.42. The fourth-order valence-corrected chi connectivity index (χ4v) is 1.61. The minimum atomic E-state index is -0.563. The molecular weight excluding hydrogens is 281 g/mol. The van der Waals surface area contributed by atoms with E-state index in [0.717, 1.165) is 0 Å². The predicted octanol–water partition coefficient (Wildman–Crippen LogP) is 2.21. The lowest BCUT2D eigenvalue weighted by atomic mass is 10.2. The third-order valence-electron chi connectivity index (χ3n) is 1.73. The van der Waals surface area contributed by atoms with Crippen LogP contribution in [-0.4, -0.2) is 23.7 Å². The lowest BCUT2D eigenvalue weighted by molar-refractivity contribution is 0.0923. The van der Waals surface area contributed by atoms with Crippen LogP contribution in [0.15, 0.2) is 22.7 Å². The maximum absolute atomic E-state index is 11.6. The quantitative estimate of drug-likeness (QED) is 0.897. The second kappa shape index (κ2) is 5.49. The molecule has 0 aliphatic rings. The summed E-state index contributed by atoms with van der Waals surface area (Å²) in [7, 11) is 0. The van der Waals surface area contributed by atoms with Gasteiger partial charge in [0.25, 0.3) is 5.91 Å². The van der Waals surface area contributed by atoms with Crippen LogP contribution in [-0.2, 0) is 0 Å². The van der Waals surface area contributed by atoms with E-state index in [2.05, 4.69) is 21.2 Å². The van der Waals surface area contributed by atoms with Gasteiger partial charge in [-0.3, -0.25) is 4.79 Å². The summed E-state index contributed by atoms with van der Waals surface area (Å²) in [5.41, 5.74) is 0.461. The van der Waals surface area contributed by atoms with Crippen molar-refractivity contribution < 1.29 is 9.90 Å². The van der Waals surface area contributed by atoms with Gasteiger partial charge >= 0.3 is 0 Å². The standard InChI is InChI=1S/C10H11BrClNO2/c1-6(14)5-13-10(15)8-4-7(12)2-3-9(8)11/h2-4,6,14H,5H2,1H3,(H,13,15). The number of nitrogens with one attached hydrogen (secondary N) is 1. The molecule has 0 bridgehead atoms. The van der Waals surface area contributed by atoms with E-state index in [1.54, 1.807) is 25.1 Å². The van der Waals surface area contributed by atoms with Gasteiger partial charge in [-0.15, -0.1) is 0 Å². The molecule has 1 aromatic carbocycles. The van der Waals surface area contributed by atoms with E-state index < -0.39 is 6.10 Å². The van der Waals surface area contributed by atoms with E-state index in [9.17, 15) is 4.79 Å². The first-order chi connectivity index (χ1) is 7.00. The van der Waals surface area contributed by atoms with Crippen LogP contribution in [0.5, 0.6) is 0 Å². The van der Waals surface area contributed by atoms with Crippen LogP contribution in [0.3, 0.4) is 0 Å². The zero-order valence-corrected chi connectivity index (χ0v) is 10.5. The average molecular weight is 293 g/mol. The maximum Gasteiger partial charge on any atom is 0.252 e. The summed E-state index contributed by atoms with van der Waals surface area (Å²) >= 11 is 9.03. The van der Waals surface area contributed by atoms with Gasteiger partial charge in [0.2, 0.25) is 0 Å². The van der Waals surface area contributed by atoms with Crippen LogP contribution in [0.25, 0.3) is 0 Å². The van der Waals surface area contributed by atoms with E-state index in [0.29, 0.717) is 15.1 Å². The highest BCUT2D eigenvalue weighted by Gasteiger charge is 2.10. The number of aliphatic hydroxyl groups is 1. The van der Waals surface area contributed by atoms with Gasteiger partial charge in [-0.25, -0.2) is 0 Å². The third-order valence-corrected chi connectivity index (χ3v) is 2.66. The molecule has 5 heteroatoms. The maximum atomic E-state index is 11.6. The molecule has 15 heavy (non-hydrogen) atoms. The molecule has 0 radical (unpaired) electrons. The van der Waals surface area contributed by atoms with E-state index in [-0.39, 0.29) is 12.5 Å². The van der Waals surface area contributed by atoms with Crippen molar-refractivity contribution in [3.63, 3.8) is 0 Å². The van der Waals surface area contributed by atoms with Crippen LogP contribution in [0.2, 0.25) is 5.02 Å². The summed E-state index contributed by atoms with van der Waals surface area (Å²) in [6.45, 7) is 1.82. The van der Waals surface area contributed by atoms with E-state index >= 15 is 0 Å². The molecule has 0 spiro atoms. The predicted molar refractivity (Wildman–Crippen MR) is 63.2 cm³/mol. The number of aliphatic hydroxyl groups excluding tert-OH is 1. The van der Waals surface area contributed by atoms with Crippen molar-refractivity contribution in [2.75, 3.05) is 6.54 Å². The molecule has 1 rings (SSSR count). The Bertz CT molecular complexity index is 368. The first-order valence-corrected chi connectivity index (χ1v) is 5.59. The summed E-state index contributed by atoms with van der Waals surface area (Å²) in [4.78, 5) is 11.6.